The molecule has 0 fully saturated rings. The van der Waals surface area contributed by atoms with E-state index in [9.17, 15) is 14.3 Å². The van der Waals surface area contributed by atoms with Crippen molar-refractivity contribution in [3.8, 4) is 0 Å². The molecule has 0 saturated heterocycles. The fourth-order valence-electron chi connectivity index (χ4n) is 1.60. The highest BCUT2D eigenvalue weighted by Gasteiger charge is 2.27. The molecule has 3 N–H and O–H groups in total. The topological polar surface area (TPSA) is 74.2 Å². The standard InChI is InChI=1S/C14H21ClFN3O2/c1-8(2)19-9-5-6-17-12(15)11(9)13(20)18-7-10(16)14(3,4)21/h5-6,8,10,21H,7H2,1-4H3,(H,17,19)(H,18,20). The molecule has 7 heteroatoms. The number of hydrogen-bond donors (Lipinski definition) is 3. The number of aliphatic hydroxyl groups is 1. The lowest BCUT2D eigenvalue weighted by Gasteiger charge is -2.23. The summed E-state index contributed by atoms with van der Waals surface area (Å²) in [6.45, 7) is 6.21. The molecule has 5 nitrogen and oxygen atoms in total. The second-order valence-corrected chi connectivity index (χ2v) is 6.01. The van der Waals surface area contributed by atoms with Crippen LogP contribution in [0.2, 0.25) is 5.15 Å². The van der Waals surface area contributed by atoms with E-state index in [-0.39, 0.29) is 23.3 Å². The number of aromatic nitrogens is 1. The molecule has 1 unspecified atom stereocenters. The number of nitrogens with zero attached hydrogens (tertiary/aromatic N) is 1. The first-order valence-corrected chi connectivity index (χ1v) is 7.06. The second-order valence-electron chi connectivity index (χ2n) is 5.65. The summed E-state index contributed by atoms with van der Waals surface area (Å²) in [6, 6.07) is 1.73. The number of alkyl halides is 1. The molecule has 1 heterocycles. The Balaban J connectivity index is 2.87. The number of carbonyl (C=O) groups excluding carboxylic acids is 1. The van der Waals surface area contributed by atoms with Gasteiger partial charge in [-0.3, -0.25) is 4.79 Å². The Morgan fingerprint density at radius 2 is 2.14 bits per heavy atom. The normalized spacial score (nSPS) is 13.1. The minimum atomic E-state index is -1.58. The van der Waals surface area contributed by atoms with Crippen LogP contribution in [0.3, 0.4) is 0 Å². The molecule has 1 aromatic rings. The Kier molecular flexibility index (Phi) is 5.92. The average molecular weight is 318 g/mol. The van der Waals surface area contributed by atoms with Crippen molar-refractivity contribution < 1.29 is 14.3 Å². The number of anilines is 1. The highest BCUT2D eigenvalue weighted by molar-refractivity contribution is 6.33. The summed E-state index contributed by atoms with van der Waals surface area (Å²) in [5.41, 5.74) is -0.831. The molecular weight excluding hydrogens is 297 g/mol. The third kappa shape index (κ3) is 5.13. The predicted molar refractivity (Wildman–Crippen MR) is 81.5 cm³/mol. The largest absolute Gasteiger partial charge is 0.387 e. The maximum Gasteiger partial charge on any atom is 0.256 e. The predicted octanol–water partition coefficient (Wildman–Crippen LogP) is 2.39. The van der Waals surface area contributed by atoms with Crippen LogP contribution in [-0.2, 0) is 0 Å². The maximum absolute atomic E-state index is 13.7. The van der Waals surface area contributed by atoms with Crippen LogP contribution in [0.1, 0.15) is 38.1 Å². The number of rotatable bonds is 6. The van der Waals surface area contributed by atoms with E-state index in [0.29, 0.717) is 5.69 Å². The SMILES string of the molecule is CC(C)Nc1ccnc(Cl)c1C(=O)NCC(F)C(C)(C)O. The third-order valence-electron chi connectivity index (χ3n) is 2.78. The van der Waals surface area contributed by atoms with Crippen molar-refractivity contribution in [3.63, 3.8) is 0 Å². The summed E-state index contributed by atoms with van der Waals surface area (Å²) >= 11 is 5.96. The number of hydrogen-bond acceptors (Lipinski definition) is 4. The van der Waals surface area contributed by atoms with Crippen molar-refractivity contribution >= 4 is 23.2 Å². The number of nitrogens with one attached hydrogen (secondary N) is 2. The Morgan fingerprint density at radius 3 is 2.67 bits per heavy atom. The third-order valence-corrected chi connectivity index (χ3v) is 3.07. The lowest BCUT2D eigenvalue weighted by atomic mass is 10.0. The lowest BCUT2D eigenvalue weighted by molar-refractivity contribution is -0.00177. The molecule has 0 aromatic carbocycles. The molecule has 21 heavy (non-hydrogen) atoms. The van der Waals surface area contributed by atoms with Gasteiger partial charge in [-0.05, 0) is 33.8 Å². The highest BCUT2D eigenvalue weighted by atomic mass is 35.5. The smallest absolute Gasteiger partial charge is 0.256 e. The number of carbonyl (C=O) groups is 1. The van der Waals surface area contributed by atoms with Gasteiger partial charge in [-0.2, -0.15) is 0 Å². The fourth-order valence-corrected chi connectivity index (χ4v) is 1.85. The first kappa shape index (κ1) is 17.7. The summed E-state index contributed by atoms with van der Waals surface area (Å²) < 4.78 is 13.7. The number of halogens is 2. The van der Waals surface area contributed by atoms with Crippen LogP contribution in [0.25, 0.3) is 0 Å². The zero-order valence-electron chi connectivity index (χ0n) is 12.6. The van der Waals surface area contributed by atoms with Gasteiger partial charge in [0.1, 0.15) is 11.3 Å². The van der Waals surface area contributed by atoms with Gasteiger partial charge in [0.25, 0.3) is 5.91 Å². The first-order valence-electron chi connectivity index (χ1n) is 6.68. The van der Waals surface area contributed by atoms with Gasteiger partial charge in [0.2, 0.25) is 0 Å². The van der Waals surface area contributed by atoms with Gasteiger partial charge in [-0.1, -0.05) is 11.6 Å². The van der Waals surface area contributed by atoms with Gasteiger partial charge in [0.15, 0.2) is 0 Å². The van der Waals surface area contributed by atoms with Crippen molar-refractivity contribution in [1.82, 2.24) is 10.3 Å². The molecule has 0 saturated carbocycles. The van der Waals surface area contributed by atoms with Crippen molar-refractivity contribution in [2.75, 3.05) is 11.9 Å². The summed E-state index contributed by atoms with van der Waals surface area (Å²) in [5, 5.41) is 15.1. The lowest BCUT2D eigenvalue weighted by Crippen LogP contribution is -2.42. The van der Waals surface area contributed by atoms with Crippen LogP contribution in [0, 0.1) is 0 Å². The molecule has 1 amide bonds. The van der Waals surface area contributed by atoms with E-state index in [1.807, 2.05) is 13.8 Å². The van der Waals surface area contributed by atoms with E-state index in [1.54, 1.807) is 6.07 Å². The average Bonchev–Trinajstić information content (AvgIpc) is 2.33. The minimum absolute atomic E-state index is 0.0387. The highest BCUT2D eigenvalue weighted by Crippen LogP contribution is 2.23. The maximum atomic E-state index is 13.7. The molecular formula is C14H21ClFN3O2. The molecule has 1 aromatic heterocycles. The van der Waals surface area contributed by atoms with Crippen LogP contribution >= 0.6 is 11.6 Å². The summed E-state index contributed by atoms with van der Waals surface area (Å²) in [5.74, 6) is -0.539. The Hall–Kier alpha value is -1.40. The van der Waals surface area contributed by atoms with E-state index in [2.05, 4.69) is 15.6 Å². The number of pyridine rings is 1. The van der Waals surface area contributed by atoms with Crippen LogP contribution in [0.5, 0.6) is 0 Å². The Morgan fingerprint density at radius 1 is 1.52 bits per heavy atom. The van der Waals surface area contributed by atoms with E-state index in [4.69, 9.17) is 11.6 Å². The van der Waals surface area contributed by atoms with E-state index < -0.39 is 17.7 Å². The van der Waals surface area contributed by atoms with Crippen molar-refractivity contribution in [2.45, 2.75) is 45.5 Å². The van der Waals surface area contributed by atoms with Crippen LogP contribution in [0.4, 0.5) is 10.1 Å². The van der Waals surface area contributed by atoms with E-state index in [1.165, 1.54) is 20.0 Å². The van der Waals surface area contributed by atoms with Crippen LogP contribution in [-0.4, -0.2) is 40.4 Å². The molecule has 0 spiro atoms. The molecule has 0 aliphatic rings. The summed E-state index contributed by atoms with van der Waals surface area (Å²) in [4.78, 5) is 16.0. The van der Waals surface area contributed by atoms with E-state index >= 15 is 0 Å². The van der Waals surface area contributed by atoms with Crippen molar-refractivity contribution in [1.29, 1.82) is 0 Å². The zero-order valence-corrected chi connectivity index (χ0v) is 13.3. The van der Waals surface area contributed by atoms with Gasteiger partial charge in [-0.15, -0.1) is 0 Å². The monoisotopic (exact) mass is 317 g/mol. The Bertz CT molecular complexity index is 503. The molecule has 0 aliphatic carbocycles. The first-order chi connectivity index (χ1) is 9.62. The van der Waals surface area contributed by atoms with Crippen molar-refractivity contribution in [3.05, 3.63) is 23.0 Å². The van der Waals surface area contributed by atoms with Gasteiger partial charge >= 0.3 is 0 Å². The second kappa shape index (κ2) is 7.04. The molecule has 1 rings (SSSR count). The van der Waals surface area contributed by atoms with Gasteiger partial charge < -0.3 is 15.7 Å². The minimum Gasteiger partial charge on any atom is -0.387 e. The summed E-state index contributed by atoms with van der Waals surface area (Å²) in [6.07, 6.45) is -0.100. The Labute approximate surface area is 128 Å². The molecule has 0 radical (unpaired) electrons. The molecule has 0 aliphatic heterocycles. The quantitative estimate of drug-likeness (QED) is 0.704. The van der Waals surface area contributed by atoms with Crippen molar-refractivity contribution in [2.24, 2.45) is 0 Å². The fraction of sp³-hybridized carbons (Fsp3) is 0.571. The molecule has 0 bridgehead atoms. The molecule has 118 valence electrons. The number of amides is 1. The zero-order chi connectivity index (χ0) is 16.2. The van der Waals surface area contributed by atoms with E-state index in [0.717, 1.165) is 0 Å². The van der Waals surface area contributed by atoms with Gasteiger partial charge in [0, 0.05) is 12.2 Å². The molecule has 1 atom stereocenters. The van der Waals surface area contributed by atoms with Crippen LogP contribution < -0.4 is 10.6 Å². The van der Waals surface area contributed by atoms with Crippen LogP contribution in [0.15, 0.2) is 12.3 Å². The summed E-state index contributed by atoms with van der Waals surface area (Å²) in [7, 11) is 0. The van der Waals surface area contributed by atoms with Gasteiger partial charge in [-0.25, -0.2) is 9.37 Å². The van der Waals surface area contributed by atoms with Gasteiger partial charge in [0.05, 0.1) is 23.4 Å².